The van der Waals surface area contributed by atoms with Crippen molar-refractivity contribution in [2.24, 2.45) is 5.92 Å². The molecule has 1 unspecified atom stereocenters. The van der Waals surface area contributed by atoms with Crippen molar-refractivity contribution in [3.8, 4) is 0 Å². The van der Waals surface area contributed by atoms with Gasteiger partial charge >= 0.3 is 0 Å². The Balaban J connectivity index is 2.33. The van der Waals surface area contributed by atoms with Crippen LogP contribution in [0, 0.1) is 5.92 Å². The summed E-state index contributed by atoms with van der Waals surface area (Å²) in [5, 5.41) is 2.88. The van der Waals surface area contributed by atoms with Gasteiger partial charge in [0.2, 0.25) is 11.8 Å². The summed E-state index contributed by atoms with van der Waals surface area (Å²) in [6.45, 7) is 10.2. The second-order valence-electron chi connectivity index (χ2n) is 5.60. The zero-order valence-electron chi connectivity index (χ0n) is 12.7. The Morgan fingerprint density at radius 3 is 2.30 bits per heavy atom. The second kappa shape index (κ2) is 8.62. The second-order valence-corrected chi connectivity index (χ2v) is 6.58. The fourth-order valence-electron chi connectivity index (χ4n) is 2.11. The van der Waals surface area contributed by atoms with E-state index < -0.39 is 0 Å². The number of hydrogen-bond donors (Lipinski definition) is 1. The van der Waals surface area contributed by atoms with Crippen LogP contribution in [0.25, 0.3) is 0 Å². The molecule has 1 atom stereocenters. The van der Waals surface area contributed by atoms with E-state index in [4.69, 9.17) is 0 Å². The Morgan fingerprint density at radius 1 is 1.20 bits per heavy atom. The van der Waals surface area contributed by atoms with Crippen LogP contribution >= 0.6 is 15.9 Å². The zero-order valence-corrected chi connectivity index (χ0v) is 14.3. The minimum Gasteiger partial charge on any atom is -0.355 e. The molecule has 1 heterocycles. The van der Waals surface area contributed by atoms with E-state index >= 15 is 0 Å². The largest absolute Gasteiger partial charge is 0.355 e. The first-order valence-electron chi connectivity index (χ1n) is 7.37. The molecule has 5 nitrogen and oxygen atoms in total. The van der Waals surface area contributed by atoms with Crippen LogP contribution < -0.4 is 5.32 Å². The maximum Gasteiger partial charge on any atom is 0.236 e. The summed E-state index contributed by atoms with van der Waals surface area (Å²) >= 11 is 3.46. The third-order valence-corrected chi connectivity index (χ3v) is 4.89. The first-order chi connectivity index (χ1) is 9.45. The number of nitrogens with one attached hydrogen (secondary N) is 1. The molecular weight excluding hydrogens is 322 g/mol. The van der Waals surface area contributed by atoms with Crippen LogP contribution in [0.2, 0.25) is 0 Å². The third-order valence-electron chi connectivity index (χ3n) is 3.44. The van der Waals surface area contributed by atoms with Crippen molar-refractivity contribution in [2.75, 3.05) is 39.3 Å². The van der Waals surface area contributed by atoms with Crippen LogP contribution in [0.5, 0.6) is 0 Å². The maximum absolute atomic E-state index is 12.2. The molecule has 1 N–H and O–H groups in total. The van der Waals surface area contributed by atoms with E-state index in [1.54, 1.807) is 0 Å². The van der Waals surface area contributed by atoms with Crippen LogP contribution in [0.3, 0.4) is 0 Å². The van der Waals surface area contributed by atoms with E-state index in [0.717, 1.165) is 26.1 Å². The minimum absolute atomic E-state index is 0.0761. The van der Waals surface area contributed by atoms with Gasteiger partial charge in [0, 0.05) is 32.7 Å². The number of nitrogens with zero attached hydrogens (tertiary/aromatic N) is 2. The summed E-state index contributed by atoms with van der Waals surface area (Å²) in [5.41, 5.74) is 0. The third kappa shape index (κ3) is 5.40. The summed E-state index contributed by atoms with van der Waals surface area (Å²) < 4.78 is 0. The predicted molar refractivity (Wildman–Crippen MR) is 83.9 cm³/mol. The van der Waals surface area contributed by atoms with Gasteiger partial charge in [-0.3, -0.25) is 14.5 Å². The van der Waals surface area contributed by atoms with Gasteiger partial charge in [-0.25, -0.2) is 0 Å². The molecular formula is C14H26BrN3O2. The van der Waals surface area contributed by atoms with Gasteiger partial charge in [0.1, 0.15) is 0 Å². The SMILES string of the molecule is CCCNC(=O)CN1CCN(C(=O)C(Br)C(C)C)CC1. The highest BCUT2D eigenvalue weighted by molar-refractivity contribution is 9.10. The molecule has 0 spiro atoms. The summed E-state index contributed by atoms with van der Waals surface area (Å²) in [5.74, 6) is 0.530. The van der Waals surface area contributed by atoms with E-state index in [2.05, 4.69) is 26.1 Å². The van der Waals surface area contributed by atoms with Gasteiger partial charge in [-0.2, -0.15) is 0 Å². The molecule has 0 saturated carbocycles. The van der Waals surface area contributed by atoms with Crippen molar-refractivity contribution in [3.63, 3.8) is 0 Å². The van der Waals surface area contributed by atoms with E-state index in [1.165, 1.54) is 0 Å². The predicted octanol–water partition coefficient (Wildman–Crippen LogP) is 1.08. The van der Waals surface area contributed by atoms with Crippen molar-refractivity contribution < 1.29 is 9.59 Å². The van der Waals surface area contributed by atoms with Gasteiger partial charge in [0.05, 0.1) is 11.4 Å². The molecule has 0 aliphatic carbocycles. The van der Waals surface area contributed by atoms with E-state index in [9.17, 15) is 9.59 Å². The Kier molecular flexibility index (Phi) is 7.51. The summed E-state index contributed by atoms with van der Waals surface area (Å²) in [6.07, 6.45) is 0.954. The maximum atomic E-state index is 12.2. The van der Waals surface area contributed by atoms with E-state index in [0.29, 0.717) is 25.6 Å². The number of carbonyl (C=O) groups excluding carboxylic acids is 2. The van der Waals surface area contributed by atoms with Gasteiger partial charge in [0.25, 0.3) is 0 Å². The number of hydrogen-bond acceptors (Lipinski definition) is 3. The summed E-state index contributed by atoms with van der Waals surface area (Å²) in [4.78, 5) is 27.7. The van der Waals surface area contributed by atoms with Gasteiger partial charge in [-0.05, 0) is 12.3 Å². The molecule has 1 aliphatic rings. The topological polar surface area (TPSA) is 52.7 Å². The lowest BCUT2D eigenvalue weighted by atomic mass is 10.1. The summed E-state index contributed by atoms with van der Waals surface area (Å²) in [6, 6.07) is 0. The van der Waals surface area contributed by atoms with Crippen LogP contribution in [0.1, 0.15) is 27.2 Å². The number of rotatable bonds is 6. The van der Waals surface area contributed by atoms with Crippen LogP contribution in [-0.4, -0.2) is 65.7 Å². The van der Waals surface area contributed by atoms with Crippen molar-refractivity contribution in [2.45, 2.75) is 32.0 Å². The van der Waals surface area contributed by atoms with Crippen molar-refractivity contribution >= 4 is 27.7 Å². The standard InChI is InChI=1S/C14H26BrN3O2/c1-4-5-16-12(19)10-17-6-8-18(9-7-17)14(20)13(15)11(2)3/h11,13H,4-10H2,1-3H3,(H,16,19). The van der Waals surface area contributed by atoms with Crippen molar-refractivity contribution in [3.05, 3.63) is 0 Å². The van der Waals surface area contributed by atoms with Crippen molar-refractivity contribution in [1.29, 1.82) is 0 Å². The molecule has 116 valence electrons. The average Bonchev–Trinajstić information content (AvgIpc) is 2.44. The molecule has 0 radical (unpaired) electrons. The first kappa shape index (κ1) is 17.4. The number of piperazine rings is 1. The Labute approximate surface area is 130 Å². The molecule has 2 amide bonds. The highest BCUT2D eigenvalue weighted by Gasteiger charge is 2.27. The molecule has 0 aromatic heterocycles. The molecule has 1 saturated heterocycles. The number of halogens is 1. The van der Waals surface area contributed by atoms with Crippen LogP contribution in [0.4, 0.5) is 0 Å². The molecule has 0 bridgehead atoms. The summed E-state index contributed by atoms with van der Waals surface area (Å²) in [7, 11) is 0. The monoisotopic (exact) mass is 347 g/mol. The number of amides is 2. The average molecular weight is 348 g/mol. The quantitative estimate of drug-likeness (QED) is 0.731. The van der Waals surface area contributed by atoms with Gasteiger partial charge in [-0.15, -0.1) is 0 Å². The van der Waals surface area contributed by atoms with Gasteiger partial charge in [0.15, 0.2) is 0 Å². The van der Waals surface area contributed by atoms with Crippen LogP contribution in [0.15, 0.2) is 0 Å². The van der Waals surface area contributed by atoms with Gasteiger partial charge < -0.3 is 10.2 Å². The molecule has 20 heavy (non-hydrogen) atoms. The van der Waals surface area contributed by atoms with Crippen molar-refractivity contribution in [1.82, 2.24) is 15.1 Å². The lowest BCUT2D eigenvalue weighted by molar-refractivity contribution is -0.133. The molecule has 0 aromatic rings. The molecule has 1 aliphatic heterocycles. The number of alkyl halides is 1. The fraction of sp³-hybridized carbons (Fsp3) is 0.857. The first-order valence-corrected chi connectivity index (χ1v) is 8.29. The van der Waals surface area contributed by atoms with Gasteiger partial charge in [-0.1, -0.05) is 36.7 Å². The normalized spacial score (nSPS) is 18.1. The minimum atomic E-state index is -0.109. The molecule has 1 fully saturated rings. The highest BCUT2D eigenvalue weighted by Crippen LogP contribution is 2.16. The van der Waals surface area contributed by atoms with E-state index in [-0.39, 0.29) is 16.6 Å². The Hall–Kier alpha value is -0.620. The molecule has 1 rings (SSSR count). The lowest BCUT2D eigenvalue weighted by Gasteiger charge is -2.35. The lowest BCUT2D eigenvalue weighted by Crippen LogP contribution is -2.53. The highest BCUT2D eigenvalue weighted by atomic mass is 79.9. The molecule has 6 heteroatoms. The molecule has 0 aromatic carbocycles. The number of carbonyl (C=O) groups is 2. The van der Waals surface area contributed by atoms with E-state index in [1.807, 2.05) is 25.7 Å². The van der Waals surface area contributed by atoms with Crippen LogP contribution in [-0.2, 0) is 9.59 Å². The Bertz CT molecular complexity index is 328. The zero-order chi connectivity index (χ0) is 15.1. The Morgan fingerprint density at radius 2 is 1.80 bits per heavy atom. The fourth-order valence-corrected chi connectivity index (χ4v) is 2.40. The smallest absolute Gasteiger partial charge is 0.236 e.